The summed E-state index contributed by atoms with van der Waals surface area (Å²) in [5.41, 5.74) is 1.27. The molecule has 2 amide bonds. The van der Waals surface area contributed by atoms with Crippen molar-refractivity contribution >= 4 is 17.5 Å². The zero-order chi connectivity index (χ0) is 19.3. The molecule has 0 aromatic heterocycles. The second-order valence-electron chi connectivity index (χ2n) is 9.57. The maximum atomic E-state index is 13.7. The van der Waals surface area contributed by atoms with Crippen LogP contribution in [0.5, 0.6) is 0 Å². The summed E-state index contributed by atoms with van der Waals surface area (Å²) in [7, 11) is 0. The quantitative estimate of drug-likeness (QED) is 0.816. The highest BCUT2D eigenvalue weighted by Gasteiger charge is 2.56. The third-order valence-electron chi connectivity index (χ3n) is 7.61. The SMILES string of the molecule is C#Cc1cccc(NC(=O)C2CCCN2C(=O)C23CC4CC(CC(C4)C2)C3)c1. The van der Waals surface area contributed by atoms with Crippen LogP contribution in [0, 0.1) is 35.5 Å². The first kappa shape index (κ1) is 17.8. The van der Waals surface area contributed by atoms with Crippen LogP contribution in [0.2, 0.25) is 0 Å². The summed E-state index contributed by atoms with van der Waals surface area (Å²) in [6, 6.07) is 6.98. The van der Waals surface area contributed by atoms with Crippen LogP contribution < -0.4 is 5.32 Å². The van der Waals surface area contributed by atoms with E-state index in [0.29, 0.717) is 12.2 Å². The van der Waals surface area contributed by atoms with Crippen LogP contribution >= 0.6 is 0 Å². The Labute approximate surface area is 167 Å². The number of likely N-dealkylation sites (tertiary alicyclic amines) is 1. The maximum Gasteiger partial charge on any atom is 0.247 e. The Morgan fingerprint density at radius 3 is 2.43 bits per heavy atom. The van der Waals surface area contributed by atoms with Gasteiger partial charge >= 0.3 is 0 Å². The summed E-state index contributed by atoms with van der Waals surface area (Å²) in [6.45, 7) is 0.711. The van der Waals surface area contributed by atoms with E-state index >= 15 is 0 Å². The molecule has 4 saturated carbocycles. The van der Waals surface area contributed by atoms with E-state index in [1.165, 1.54) is 19.3 Å². The Morgan fingerprint density at radius 1 is 1.11 bits per heavy atom. The van der Waals surface area contributed by atoms with Crippen molar-refractivity contribution in [1.82, 2.24) is 4.90 Å². The van der Waals surface area contributed by atoms with Crippen molar-refractivity contribution < 1.29 is 9.59 Å². The van der Waals surface area contributed by atoms with E-state index in [0.717, 1.165) is 55.4 Å². The number of nitrogens with one attached hydrogen (secondary N) is 1. The third-order valence-corrected chi connectivity index (χ3v) is 7.61. The number of rotatable bonds is 3. The molecule has 0 spiro atoms. The first-order chi connectivity index (χ1) is 13.6. The van der Waals surface area contributed by atoms with Gasteiger partial charge in [0, 0.05) is 17.8 Å². The van der Waals surface area contributed by atoms with Crippen molar-refractivity contribution in [3.63, 3.8) is 0 Å². The van der Waals surface area contributed by atoms with Gasteiger partial charge in [0.25, 0.3) is 0 Å². The van der Waals surface area contributed by atoms with E-state index in [1.54, 1.807) is 6.07 Å². The van der Waals surface area contributed by atoms with Gasteiger partial charge in [-0.25, -0.2) is 0 Å². The number of terminal acetylenes is 1. The summed E-state index contributed by atoms with van der Waals surface area (Å²) in [5, 5.41) is 2.99. The maximum absolute atomic E-state index is 13.7. The second kappa shape index (κ2) is 6.65. The minimum Gasteiger partial charge on any atom is -0.330 e. The predicted octanol–water partition coefficient (Wildman–Crippen LogP) is 3.81. The van der Waals surface area contributed by atoms with Gasteiger partial charge in [0.2, 0.25) is 11.8 Å². The minimum atomic E-state index is -0.352. The van der Waals surface area contributed by atoms with Crippen LogP contribution in [-0.4, -0.2) is 29.3 Å². The Morgan fingerprint density at radius 2 is 1.79 bits per heavy atom. The molecule has 4 heteroatoms. The first-order valence-corrected chi connectivity index (χ1v) is 10.7. The Kier molecular flexibility index (Phi) is 4.23. The van der Waals surface area contributed by atoms with Crippen LogP contribution in [-0.2, 0) is 9.59 Å². The van der Waals surface area contributed by atoms with E-state index in [-0.39, 0.29) is 23.3 Å². The molecule has 4 aliphatic carbocycles. The number of nitrogens with zero attached hydrogens (tertiary/aromatic N) is 1. The molecule has 146 valence electrons. The molecule has 1 atom stereocenters. The van der Waals surface area contributed by atoms with E-state index < -0.39 is 0 Å². The molecule has 1 aliphatic heterocycles. The van der Waals surface area contributed by atoms with Crippen molar-refractivity contribution in [1.29, 1.82) is 0 Å². The molecule has 4 nitrogen and oxygen atoms in total. The minimum absolute atomic E-state index is 0.0789. The fraction of sp³-hybridized carbons (Fsp3) is 0.583. The van der Waals surface area contributed by atoms with Crippen LogP contribution in [0.15, 0.2) is 24.3 Å². The van der Waals surface area contributed by atoms with Gasteiger partial charge in [-0.1, -0.05) is 12.0 Å². The highest BCUT2D eigenvalue weighted by atomic mass is 16.2. The number of benzene rings is 1. The number of hydrogen-bond acceptors (Lipinski definition) is 2. The van der Waals surface area contributed by atoms with Gasteiger partial charge in [-0.3, -0.25) is 9.59 Å². The Bertz CT molecular complexity index is 817. The van der Waals surface area contributed by atoms with E-state index in [1.807, 2.05) is 23.1 Å². The molecule has 28 heavy (non-hydrogen) atoms. The first-order valence-electron chi connectivity index (χ1n) is 10.7. The molecule has 1 unspecified atom stereocenters. The third kappa shape index (κ3) is 2.92. The predicted molar refractivity (Wildman–Crippen MR) is 108 cm³/mol. The monoisotopic (exact) mass is 376 g/mol. The molecule has 0 radical (unpaired) electrons. The summed E-state index contributed by atoms with van der Waals surface area (Å²) in [4.78, 5) is 28.6. The van der Waals surface area contributed by atoms with Crippen molar-refractivity contribution in [2.24, 2.45) is 23.2 Å². The van der Waals surface area contributed by atoms with Crippen molar-refractivity contribution in [2.45, 2.75) is 57.4 Å². The van der Waals surface area contributed by atoms with Crippen LogP contribution in [0.3, 0.4) is 0 Å². The van der Waals surface area contributed by atoms with Gasteiger partial charge in [0.05, 0.1) is 5.41 Å². The van der Waals surface area contributed by atoms with Gasteiger partial charge in [-0.05, 0) is 87.3 Å². The Hall–Kier alpha value is -2.28. The molecule has 1 heterocycles. The van der Waals surface area contributed by atoms with Crippen molar-refractivity contribution in [3.8, 4) is 12.3 Å². The largest absolute Gasteiger partial charge is 0.330 e. The molecule has 5 aliphatic rings. The molecule has 1 aromatic rings. The number of carbonyl (C=O) groups is 2. The molecular weight excluding hydrogens is 348 g/mol. The van der Waals surface area contributed by atoms with Gasteiger partial charge in [-0.15, -0.1) is 6.42 Å². The van der Waals surface area contributed by atoms with Crippen LogP contribution in [0.1, 0.15) is 56.9 Å². The lowest BCUT2D eigenvalue weighted by Crippen LogP contribution is -2.56. The van der Waals surface area contributed by atoms with Gasteiger partial charge in [-0.2, -0.15) is 0 Å². The van der Waals surface area contributed by atoms with Crippen LogP contribution in [0.25, 0.3) is 0 Å². The fourth-order valence-corrected chi connectivity index (χ4v) is 6.87. The van der Waals surface area contributed by atoms with Gasteiger partial charge in [0.15, 0.2) is 0 Å². The highest BCUT2D eigenvalue weighted by molar-refractivity contribution is 5.98. The van der Waals surface area contributed by atoms with Gasteiger partial charge < -0.3 is 10.2 Å². The fourth-order valence-electron chi connectivity index (χ4n) is 6.87. The van der Waals surface area contributed by atoms with E-state index in [9.17, 15) is 9.59 Å². The zero-order valence-corrected chi connectivity index (χ0v) is 16.3. The normalized spacial score (nSPS) is 35.6. The summed E-state index contributed by atoms with van der Waals surface area (Å²) >= 11 is 0. The lowest BCUT2D eigenvalue weighted by atomic mass is 9.49. The molecule has 1 N–H and O–H groups in total. The summed E-state index contributed by atoms with van der Waals surface area (Å²) < 4.78 is 0. The average Bonchev–Trinajstić information content (AvgIpc) is 3.16. The number of carbonyl (C=O) groups excluding carboxylic acids is 2. The smallest absolute Gasteiger partial charge is 0.247 e. The number of anilines is 1. The average molecular weight is 377 g/mol. The topological polar surface area (TPSA) is 49.4 Å². The van der Waals surface area contributed by atoms with Crippen molar-refractivity contribution in [2.75, 3.05) is 11.9 Å². The standard InChI is InChI=1S/C24H28N2O2/c1-2-16-5-3-6-20(12-16)25-22(27)21-7-4-8-26(21)23(28)24-13-17-9-18(14-24)11-19(10-17)15-24/h1,3,5-6,12,17-19,21H,4,7-11,13-15H2,(H,25,27). The molecule has 1 aromatic carbocycles. The van der Waals surface area contributed by atoms with E-state index in [4.69, 9.17) is 6.42 Å². The highest BCUT2D eigenvalue weighted by Crippen LogP contribution is 2.60. The summed E-state index contributed by atoms with van der Waals surface area (Å²) in [6.07, 6.45) is 14.2. The Balaban J connectivity index is 1.33. The van der Waals surface area contributed by atoms with Crippen molar-refractivity contribution in [3.05, 3.63) is 29.8 Å². The second-order valence-corrected chi connectivity index (χ2v) is 9.57. The van der Waals surface area contributed by atoms with Gasteiger partial charge in [0.1, 0.15) is 6.04 Å². The molecular formula is C24H28N2O2. The molecule has 4 bridgehead atoms. The van der Waals surface area contributed by atoms with Crippen LogP contribution in [0.4, 0.5) is 5.69 Å². The summed E-state index contributed by atoms with van der Waals surface area (Å²) in [5.74, 6) is 4.98. The van der Waals surface area contributed by atoms with E-state index in [2.05, 4.69) is 11.2 Å². The lowest BCUT2D eigenvalue weighted by molar-refractivity contribution is -0.160. The number of hydrogen-bond donors (Lipinski definition) is 1. The lowest BCUT2D eigenvalue weighted by Gasteiger charge is -2.56. The number of amides is 2. The molecule has 1 saturated heterocycles. The zero-order valence-electron chi connectivity index (χ0n) is 16.3. The molecule has 6 rings (SSSR count). The molecule has 5 fully saturated rings.